The second-order valence-corrected chi connectivity index (χ2v) is 7.91. The van der Waals surface area contributed by atoms with E-state index in [0.29, 0.717) is 21.8 Å². The number of benzene rings is 1. The molecule has 0 saturated heterocycles. The lowest BCUT2D eigenvalue weighted by Gasteiger charge is -2.46. The first-order chi connectivity index (χ1) is 11.5. The molecule has 1 saturated carbocycles. The Bertz CT molecular complexity index is 868. The maximum atomic E-state index is 12.8. The first kappa shape index (κ1) is 16.0. The molecule has 0 unspecified atom stereocenters. The number of fused-ring (bicyclic) bond motifs is 3. The van der Waals surface area contributed by atoms with Gasteiger partial charge in [-0.3, -0.25) is 15.1 Å². The SMILES string of the molecule is CSC1=NN2C(=c3cc(Cl)ccc3=N[C@]23CCC[C@@H](C)C3)C(=O)N1. The number of amides is 1. The smallest absolute Gasteiger partial charge is 0.276 e. The fourth-order valence-electron chi connectivity index (χ4n) is 3.90. The van der Waals surface area contributed by atoms with Crippen molar-refractivity contribution in [2.45, 2.75) is 38.3 Å². The quantitative estimate of drug-likeness (QED) is 0.768. The van der Waals surface area contributed by atoms with E-state index in [2.05, 4.69) is 12.2 Å². The lowest BCUT2D eigenvalue weighted by molar-refractivity contribution is -0.116. The molecule has 0 radical (unpaired) electrons. The summed E-state index contributed by atoms with van der Waals surface area (Å²) >= 11 is 7.60. The highest BCUT2D eigenvalue weighted by molar-refractivity contribution is 8.13. The Hall–Kier alpha value is -1.53. The van der Waals surface area contributed by atoms with Gasteiger partial charge in [-0.2, -0.15) is 0 Å². The molecule has 3 aliphatic rings. The molecule has 1 spiro atoms. The predicted octanol–water partition coefficient (Wildman–Crippen LogP) is 2.05. The van der Waals surface area contributed by atoms with Crippen molar-refractivity contribution < 1.29 is 4.79 Å². The van der Waals surface area contributed by atoms with Gasteiger partial charge in [-0.1, -0.05) is 36.7 Å². The van der Waals surface area contributed by atoms with Gasteiger partial charge in [-0.05, 0) is 49.6 Å². The number of halogens is 1. The maximum absolute atomic E-state index is 12.8. The summed E-state index contributed by atoms with van der Waals surface area (Å²) in [5, 5.41) is 12.3. The minimum Gasteiger partial charge on any atom is -0.298 e. The van der Waals surface area contributed by atoms with E-state index in [1.54, 1.807) is 6.07 Å². The number of hydrogen-bond acceptors (Lipinski definition) is 5. The number of hydrazone groups is 1. The number of carbonyl (C=O) groups excluding carboxylic acids is 1. The Morgan fingerprint density at radius 3 is 3.04 bits per heavy atom. The number of nitrogens with one attached hydrogen (secondary N) is 1. The van der Waals surface area contributed by atoms with Crippen LogP contribution in [-0.2, 0) is 4.79 Å². The van der Waals surface area contributed by atoms with Gasteiger partial charge in [0, 0.05) is 10.2 Å². The Morgan fingerprint density at radius 1 is 1.46 bits per heavy atom. The Morgan fingerprint density at radius 2 is 2.29 bits per heavy atom. The molecule has 1 fully saturated rings. The second kappa shape index (κ2) is 5.77. The van der Waals surface area contributed by atoms with Crippen LogP contribution in [0.4, 0.5) is 0 Å². The van der Waals surface area contributed by atoms with Gasteiger partial charge >= 0.3 is 0 Å². The van der Waals surface area contributed by atoms with Crippen LogP contribution < -0.4 is 15.9 Å². The van der Waals surface area contributed by atoms with E-state index in [1.165, 1.54) is 18.2 Å². The number of thioether (sulfide) groups is 1. The van der Waals surface area contributed by atoms with Crippen LogP contribution >= 0.6 is 23.4 Å². The number of rotatable bonds is 0. The topological polar surface area (TPSA) is 57.1 Å². The van der Waals surface area contributed by atoms with Crippen LogP contribution in [0.3, 0.4) is 0 Å². The molecular formula is C17H19ClN4OS. The number of carbonyl (C=O) groups is 1. The predicted molar refractivity (Wildman–Crippen MR) is 96.9 cm³/mol. The Labute approximate surface area is 149 Å². The van der Waals surface area contributed by atoms with Crippen LogP contribution in [0.5, 0.6) is 0 Å². The zero-order valence-electron chi connectivity index (χ0n) is 13.7. The summed E-state index contributed by atoms with van der Waals surface area (Å²) in [6, 6.07) is 5.54. The van der Waals surface area contributed by atoms with Crippen LogP contribution in [0.15, 0.2) is 28.3 Å². The first-order valence-corrected chi connectivity index (χ1v) is 9.77. The zero-order chi connectivity index (χ0) is 16.9. The standard InChI is InChI=1S/C17H19ClN4OS/c1-10-4-3-7-17(9-10)20-13-6-5-11(18)8-12(13)14-15(23)19-16(24-2)21-22(14)17/h5-6,8,10H,3-4,7,9H2,1-2H3,(H,19,21,23)/t10-,17-/m1/s1. The molecule has 0 bridgehead atoms. The van der Waals surface area contributed by atoms with Gasteiger partial charge in [0.05, 0.1) is 5.36 Å². The summed E-state index contributed by atoms with van der Waals surface area (Å²) in [5.74, 6) is 0.417. The molecule has 0 aromatic heterocycles. The second-order valence-electron chi connectivity index (χ2n) is 6.68. The van der Waals surface area contributed by atoms with Crippen molar-refractivity contribution in [3.8, 4) is 0 Å². The van der Waals surface area contributed by atoms with Gasteiger partial charge in [0.25, 0.3) is 5.91 Å². The average molecular weight is 363 g/mol. The molecule has 2 atom stereocenters. The molecule has 126 valence electrons. The highest BCUT2D eigenvalue weighted by atomic mass is 35.5. The third-order valence-corrected chi connectivity index (χ3v) is 5.72. The van der Waals surface area contributed by atoms with Gasteiger partial charge in [0.2, 0.25) is 0 Å². The van der Waals surface area contributed by atoms with Crippen LogP contribution in [0, 0.1) is 5.92 Å². The van der Waals surface area contributed by atoms with Gasteiger partial charge in [-0.25, -0.2) is 5.01 Å². The fraction of sp³-hybridized carbons (Fsp3) is 0.471. The van der Waals surface area contributed by atoms with Gasteiger partial charge in [0.15, 0.2) is 10.8 Å². The average Bonchev–Trinajstić information content (AvgIpc) is 2.55. The van der Waals surface area contributed by atoms with Crippen LogP contribution in [0.1, 0.15) is 32.6 Å². The molecule has 2 heterocycles. The van der Waals surface area contributed by atoms with Crippen molar-refractivity contribution in [2.24, 2.45) is 16.0 Å². The molecule has 5 nitrogen and oxygen atoms in total. The van der Waals surface area contributed by atoms with Gasteiger partial charge < -0.3 is 0 Å². The van der Waals surface area contributed by atoms with Gasteiger partial charge in [-0.15, -0.1) is 5.10 Å². The molecule has 1 aromatic carbocycles. The normalized spacial score (nSPS) is 28.7. The van der Waals surface area contributed by atoms with Crippen molar-refractivity contribution in [2.75, 3.05) is 6.26 Å². The van der Waals surface area contributed by atoms with E-state index < -0.39 is 5.66 Å². The third-order valence-electron chi connectivity index (χ3n) is 4.92. The molecule has 7 heteroatoms. The van der Waals surface area contributed by atoms with E-state index in [4.69, 9.17) is 21.7 Å². The minimum atomic E-state index is -0.466. The Balaban J connectivity index is 2.02. The monoisotopic (exact) mass is 362 g/mol. The zero-order valence-corrected chi connectivity index (χ0v) is 15.2. The molecule has 1 aromatic rings. The summed E-state index contributed by atoms with van der Waals surface area (Å²) in [6.45, 7) is 2.25. The van der Waals surface area contributed by atoms with Crippen molar-refractivity contribution in [1.29, 1.82) is 0 Å². The molecule has 1 amide bonds. The lowest BCUT2D eigenvalue weighted by Crippen LogP contribution is -2.59. The minimum absolute atomic E-state index is 0.134. The summed E-state index contributed by atoms with van der Waals surface area (Å²) in [4.78, 5) is 17.9. The highest BCUT2D eigenvalue weighted by Gasteiger charge is 2.46. The van der Waals surface area contributed by atoms with Gasteiger partial charge in [0.1, 0.15) is 5.70 Å². The molecule has 4 rings (SSSR count). The summed E-state index contributed by atoms with van der Waals surface area (Å²) < 4.78 is 0. The van der Waals surface area contributed by atoms with E-state index in [-0.39, 0.29) is 5.91 Å². The van der Waals surface area contributed by atoms with Crippen molar-refractivity contribution in [3.05, 3.63) is 33.8 Å². The summed E-state index contributed by atoms with van der Waals surface area (Å²) in [7, 11) is 0. The van der Waals surface area contributed by atoms with Crippen LogP contribution in [-0.4, -0.2) is 28.0 Å². The molecule has 2 aliphatic heterocycles. The molecule has 1 aliphatic carbocycles. The van der Waals surface area contributed by atoms with E-state index in [9.17, 15) is 4.79 Å². The van der Waals surface area contributed by atoms with E-state index in [0.717, 1.165) is 29.8 Å². The largest absolute Gasteiger partial charge is 0.298 e. The Kier molecular flexibility index (Phi) is 3.84. The molecular weight excluding hydrogens is 344 g/mol. The maximum Gasteiger partial charge on any atom is 0.276 e. The summed E-state index contributed by atoms with van der Waals surface area (Å²) in [5.41, 5.74) is 0.0986. The van der Waals surface area contributed by atoms with Crippen molar-refractivity contribution in [3.63, 3.8) is 0 Å². The van der Waals surface area contributed by atoms with E-state index in [1.807, 2.05) is 23.4 Å². The first-order valence-electron chi connectivity index (χ1n) is 8.16. The highest BCUT2D eigenvalue weighted by Crippen LogP contribution is 2.41. The van der Waals surface area contributed by atoms with Crippen LogP contribution in [0.2, 0.25) is 5.02 Å². The van der Waals surface area contributed by atoms with E-state index >= 15 is 0 Å². The van der Waals surface area contributed by atoms with Crippen molar-refractivity contribution >= 4 is 40.1 Å². The third kappa shape index (κ3) is 2.43. The number of amidine groups is 1. The number of nitrogens with zero attached hydrogens (tertiary/aromatic N) is 3. The van der Waals surface area contributed by atoms with Crippen molar-refractivity contribution in [1.82, 2.24) is 10.3 Å². The molecule has 24 heavy (non-hydrogen) atoms. The fourth-order valence-corrected chi connectivity index (χ4v) is 4.43. The lowest BCUT2D eigenvalue weighted by atomic mass is 9.81. The summed E-state index contributed by atoms with van der Waals surface area (Å²) in [6.07, 6.45) is 5.99. The molecule has 1 N–H and O–H groups in total. The van der Waals surface area contributed by atoms with Crippen LogP contribution in [0.25, 0.3) is 5.70 Å². The number of hydrogen-bond donors (Lipinski definition) is 1.